The first-order valence-electron chi connectivity index (χ1n) is 5.90. The smallest absolute Gasteiger partial charge is 0.247 e. The van der Waals surface area contributed by atoms with Gasteiger partial charge in [0.05, 0.1) is 12.5 Å². The van der Waals surface area contributed by atoms with Crippen molar-refractivity contribution in [3.63, 3.8) is 0 Å². The quantitative estimate of drug-likeness (QED) is 0.796. The maximum absolute atomic E-state index is 11.7. The molecule has 4 heteroatoms. The predicted molar refractivity (Wildman–Crippen MR) is 65.0 cm³/mol. The Hall–Kier alpha value is -1.39. The zero-order valence-electron chi connectivity index (χ0n) is 10.1. The average Bonchev–Trinajstić information content (AvgIpc) is 2.77. The number of benzene rings is 1. The van der Waals surface area contributed by atoms with Crippen molar-refractivity contribution >= 4 is 5.91 Å². The SMILES string of the molecule is CN1CCC(C(=O)NOCc2ccccc2)C1. The highest BCUT2D eigenvalue weighted by Gasteiger charge is 2.26. The molecule has 1 aliphatic rings. The van der Waals surface area contributed by atoms with Crippen molar-refractivity contribution in [3.05, 3.63) is 35.9 Å². The first-order valence-corrected chi connectivity index (χ1v) is 5.90. The van der Waals surface area contributed by atoms with E-state index in [1.54, 1.807) is 0 Å². The molecule has 0 aliphatic carbocycles. The monoisotopic (exact) mass is 234 g/mol. The number of nitrogens with zero attached hydrogens (tertiary/aromatic N) is 1. The number of likely N-dealkylation sites (tertiary alicyclic amines) is 1. The van der Waals surface area contributed by atoms with Gasteiger partial charge in [-0.25, -0.2) is 5.48 Å². The van der Waals surface area contributed by atoms with Crippen LogP contribution in [-0.4, -0.2) is 30.9 Å². The van der Waals surface area contributed by atoms with E-state index in [4.69, 9.17) is 4.84 Å². The average molecular weight is 234 g/mol. The predicted octanol–water partition coefficient (Wildman–Crippen LogP) is 1.19. The summed E-state index contributed by atoms with van der Waals surface area (Å²) in [5.41, 5.74) is 3.58. The molecular weight excluding hydrogens is 216 g/mol. The summed E-state index contributed by atoms with van der Waals surface area (Å²) in [7, 11) is 2.03. The zero-order chi connectivity index (χ0) is 12.1. The highest BCUT2D eigenvalue weighted by atomic mass is 16.6. The summed E-state index contributed by atoms with van der Waals surface area (Å²) >= 11 is 0. The van der Waals surface area contributed by atoms with E-state index in [1.165, 1.54) is 0 Å². The Morgan fingerprint density at radius 1 is 1.47 bits per heavy atom. The summed E-state index contributed by atoms with van der Waals surface area (Å²) in [4.78, 5) is 19.1. The molecule has 1 aromatic rings. The largest absolute Gasteiger partial charge is 0.306 e. The summed E-state index contributed by atoms with van der Waals surface area (Å²) in [6.07, 6.45) is 0.914. The minimum atomic E-state index is -0.00900. The summed E-state index contributed by atoms with van der Waals surface area (Å²) in [5, 5.41) is 0. The Morgan fingerprint density at radius 3 is 2.88 bits per heavy atom. The van der Waals surface area contributed by atoms with Crippen molar-refractivity contribution in [1.29, 1.82) is 0 Å². The van der Waals surface area contributed by atoms with Gasteiger partial charge in [0.2, 0.25) is 5.91 Å². The van der Waals surface area contributed by atoms with E-state index in [1.807, 2.05) is 37.4 Å². The fraction of sp³-hybridized carbons (Fsp3) is 0.462. The van der Waals surface area contributed by atoms with Crippen LogP contribution in [0.3, 0.4) is 0 Å². The summed E-state index contributed by atoms with van der Waals surface area (Å²) in [6, 6.07) is 9.79. The van der Waals surface area contributed by atoms with Gasteiger partial charge in [0.15, 0.2) is 0 Å². The molecule has 0 bridgehead atoms. The lowest BCUT2D eigenvalue weighted by Crippen LogP contribution is -2.32. The number of hydrogen-bond acceptors (Lipinski definition) is 3. The van der Waals surface area contributed by atoms with Crippen LogP contribution in [-0.2, 0) is 16.2 Å². The van der Waals surface area contributed by atoms with Gasteiger partial charge >= 0.3 is 0 Å². The van der Waals surface area contributed by atoms with Crippen molar-refractivity contribution in [2.75, 3.05) is 20.1 Å². The van der Waals surface area contributed by atoms with Crippen molar-refractivity contribution in [3.8, 4) is 0 Å². The Balaban J connectivity index is 1.70. The van der Waals surface area contributed by atoms with Crippen molar-refractivity contribution < 1.29 is 9.63 Å². The number of hydrogen-bond donors (Lipinski definition) is 1. The molecule has 1 heterocycles. The van der Waals surface area contributed by atoms with E-state index in [2.05, 4.69) is 10.4 Å². The standard InChI is InChI=1S/C13H18N2O2/c1-15-8-7-12(9-15)13(16)14-17-10-11-5-3-2-4-6-11/h2-6,12H,7-10H2,1H3,(H,14,16). The van der Waals surface area contributed by atoms with E-state index >= 15 is 0 Å². The number of hydroxylamine groups is 1. The third-order valence-electron chi connectivity index (χ3n) is 3.02. The van der Waals surface area contributed by atoms with E-state index in [0.29, 0.717) is 6.61 Å². The normalized spacial score (nSPS) is 20.4. The molecule has 1 amide bonds. The molecule has 92 valence electrons. The van der Waals surface area contributed by atoms with Crippen molar-refractivity contribution in [2.45, 2.75) is 13.0 Å². The Kier molecular flexibility index (Phi) is 4.12. The van der Waals surface area contributed by atoms with Crippen LogP contribution in [0.15, 0.2) is 30.3 Å². The fourth-order valence-electron chi connectivity index (χ4n) is 2.00. The van der Waals surface area contributed by atoms with E-state index in [-0.39, 0.29) is 11.8 Å². The van der Waals surface area contributed by atoms with Gasteiger partial charge in [-0.15, -0.1) is 0 Å². The molecule has 0 spiro atoms. The molecule has 0 radical (unpaired) electrons. The highest BCUT2D eigenvalue weighted by molar-refractivity contribution is 5.78. The zero-order valence-corrected chi connectivity index (χ0v) is 10.1. The van der Waals surface area contributed by atoms with E-state index < -0.39 is 0 Å². The first kappa shape index (κ1) is 12.1. The van der Waals surface area contributed by atoms with Crippen molar-refractivity contribution in [2.24, 2.45) is 5.92 Å². The number of nitrogens with one attached hydrogen (secondary N) is 1. The highest BCUT2D eigenvalue weighted by Crippen LogP contribution is 2.14. The Morgan fingerprint density at radius 2 is 2.24 bits per heavy atom. The molecule has 17 heavy (non-hydrogen) atoms. The van der Waals surface area contributed by atoms with Gasteiger partial charge < -0.3 is 4.90 Å². The lowest BCUT2D eigenvalue weighted by atomic mass is 10.1. The first-order chi connectivity index (χ1) is 8.25. The van der Waals surface area contributed by atoms with Gasteiger partial charge in [-0.2, -0.15) is 0 Å². The number of carbonyl (C=O) groups excluding carboxylic acids is 1. The lowest BCUT2D eigenvalue weighted by Gasteiger charge is -2.11. The van der Waals surface area contributed by atoms with Crippen LogP contribution in [0.2, 0.25) is 0 Å². The van der Waals surface area contributed by atoms with Gasteiger partial charge in [-0.05, 0) is 25.6 Å². The van der Waals surface area contributed by atoms with Gasteiger partial charge in [-0.1, -0.05) is 30.3 Å². The molecule has 1 aromatic carbocycles. The summed E-state index contributed by atoms with van der Waals surface area (Å²) in [6.45, 7) is 2.21. The Bertz CT molecular complexity index is 367. The number of carbonyl (C=O) groups is 1. The Labute approximate surface area is 102 Å². The topological polar surface area (TPSA) is 41.6 Å². The summed E-state index contributed by atoms with van der Waals surface area (Å²) in [5.74, 6) is 0.0565. The summed E-state index contributed by atoms with van der Waals surface area (Å²) < 4.78 is 0. The fourth-order valence-corrected chi connectivity index (χ4v) is 2.00. The van der Waals surface area contributed by atoms with Crippen LogP contribution >= 0.6 is 0 Å². The van der Waals surface area contributed by atoms with Crippen LogP contribution in [0, 0.1) is 5.92 Å². The maximum atomic E-state index is 11.7. The van der Waals surface area contributed by atoms with Gasteiger partial charge in [0, 0.05) is 6.54 Å². The second kappa shape index (κ2) is 5.80. The van der Waals surface area contributed by atoms with Crippen molar-refractivity contribution in [1.82, 2.24) is 10.4 Å². The molecular formula is C13H18N2O2. The molecule has 2 rings (SSSR count). The van der Waals surface area contributed by atoms with Crippen LogP contribution in [0.4, 0.5) is 0 Å². The maximum Gasteiger partial charge on any atom is 0.247 e. The van der Waals surface area contributed by atoms with Crippen LogP contribution in [0.5, 0.6) is 0 Å². The molecule has 1 atom stereocenters. The van der Waals surface area contributed by atoms with E-state index in [9.17, 15) is 4.79 Å². The number of amides is 1. The minimum absolute atomic E-state index is 0.00900. The molecule has 1 N–H and O–H groups in total. The van der Waals surface area contributed by atoms with Gasteiger partial charge in [0.1, 0.15) is 0 Å². The molecule has 1 unspecified atom stereocenters. The van der Waals surface area contributed by atoms with Gasteiger partial charge in [0.25, 0.3) is 0 Å². The molecule has 1 fully saturated rings. The van der Waals surface area contributed by atoms with E-state index in [0.717, 1.165) is 25.1 Å². The van der Waals surface area contributed by atoms with Crippen LogP contribution < -0.4 is 5.48 Å². The second-order valence-corrected chi connectivity index (χ2v) is 4.49. The lowest BCUT2D eigenvalue weighted by molar-refractivity contribution is -0.138. The molecule has 0 aromatic heterocycles. The van der Waals surface area contributed by atoms with Crippen LogP contribution in [0.25, 0.3) is 0 Å². The third-order valence-corrected chi connectivity index (χ3v) is 3.02. The number of rotatable bonds is 4. The second-order valence-electron chi connectivity index (χ2n) is 4.49. The molecule has 0 saturated carbocycles. The molecule has 1 saturated heterocycles. The van der Waals surface area contributed by atoms with Gasteiger partial charge in [-0.3, -0.25) is 9.63 Å². The molecule has 1 aliphatic heterocycles. The minimum Gasteiger partial charge on any atom is -0.306 e. The van der Waals surface area contributed by atoms with Crippen LogP contribution in [0.1, 0.15) is 12.0 Å². The molecule has 4 nitrogen and oxygen atoms in total. The third kappa shape index (κ3) is 3.54.